The van der Waals surface area contributed by atoms with E-state index in [1.165, 1.54) is 11.1 Å². The van der Waals surface area contributed by atoms with Gasteiger partial charge in [0.15, 0.2) is 5.17 Å². The maximum absolute atomic E-state index is 4.76. The highest BCUT2D eigenvalue weighted by atomic mass is 79.9. The second-order valence-corrected chi connectivity index (χ2v) is 6.62. The van der Waals surface area contributed by atoms with E-state index in [0.29, 0.717) is 0 Å². The van der Waals surface area contributed by atoms with Crippen molar-refractivity contribution in [3.05, 3.63) is 64.1 Å². The number of thioether (sulfide) groups is 1. The van der Waals surface area contributed by atoms with Crippen molar-refractivity contribution in [1.82, 2.24) is 0 Å². The summed E-state index contributed by atoms with van der Waals surface area (Å²) in [5.41, 5.74) is 3.59. The van der Waals surface area contributed by atoms with Crippen LogP contribution < -0.4 is 5.32 Å². The number of benzene rings is 2. The molecule has 4 heteroatoms. The smallest absolute Gasteiger partial charge is 0.161 e. The molecule has 0 amide bonds. The quantitative estimate of drug-likeness (QED) is 0.825. The molecule has 2 aromatic rings. The normalized spacial score (nSPS) is 17.9. The topological polar surface area (TPSA) is 24.4 Å². The van der Waals surface area contributed by atoms with Crippen molar-refractivity contribution >= 4 is 38.5 Å². The van der Waals surface area contributed by atoms with Gasteiger partial charge in [-0.2, -0.15) is 0 Å². The largest absolute Gasteiger partial charge is 0.335 e. The van der Waals surface area contributed by atoms with Crippen LogP contribution in [0.3, 0.4) is 0 Å². The summed E-state index contributed by atoms with van der Waals surface area (Å²) in [6.07, 6.45) is 0. The zero-order valence-corrected chi connectivity index (χ0v) is 13.5. The Kier molecular flexibility index (Phi) is 4.13. The van der Waals surface area contributed by atoms with Gasteiger partial charge >= 0.3 is 0 Å². The Morgan fingerprint density at radius 2 is 2.00 bits per heavy atom. The summed E-state index contributed by atoms with van der Waals surface area (Å²) < 4.78 is 1.13. The van der Waals surface area contributed by atoms with Crippen LogP contribution >= 0.6 is 27.7 Å². The van der Waals surface area contributed by atoms with E-state index in [2.05, 4.69) is 70.6 Å². The highest BCUT2D eigenvalue weighted by molar-refractivity contribution is 9.10. The Morgan fingerprint density at radius 3 is 2.75 bits per heavy atom. The van der Waals surface area contributed by atoms with Crippen LogP contribution in [0.15, 0.2) is 58.0 Å². The second-order valence-electron chi connectivity index (χ2n) is 4.76. The van der Waals surface area contributed by atoms with E-state index in [0.717, 1.165) is 21.1 Å². The Morgan fingerprint density at radius 1 is 1.20 bits per heavy atom. The van der Waals surface area contributed by atoms with E-state index >= 15 is 0 Å². The van der Waals surface area contributed by atoms with Crippen LogP contribution in [0.4, 0.5) is 5.69 Å². The third kappa shape index (κ3) is 3.07. The zero-order valence-electron chi connectivity index (χ0n) is 11.1. The molecule has 1 heterocycles. The molecule has 2 aromatic carbocycles. The molecule has 2 nitrogen and oxygen atoms in total. The Balaban J connectivity index is 1.74. The van der Waals surface area contributed by atoms with E-state index in [1.54, 1.807) is 11.8 Å². The van der Waals surface area contributed by atoms with Gasteiger partial charge in [0, 0.05) is 15.9 Å². The number of hydrogen-bond acceptors (Lipinski definition) is 3. The Labute approximate surface area is 131 Å². The number of anilines is 1. The molecule has 0 spiro atoms. The lowest BCUT2D eigenvalue weighted by Crippen LogP contribution is -2.04. The van der Waals surface area contributed by atoms with Crippen LogP contribution in [0.25, 0.3) is 0 Å². The molecule has 0 radical (unpaired) electrons. The molecule has 1 N–H and O–H groups in total. The summed E-state index contributed by atoms with van der Waals surface area (Å²) in [6, 6.07) is 17.0. The van der Waals surface area contributed by atoms with Gasteiger partial charge in [0.05, 0.1) is 6.04 Å². The molecule has 1 unspecified atom stereocenters. The zero-order chi connectivity index (χ0) is 13.9. The Bertz CT molecular complexity index is 640. The van der Waals surface area contributed by atoms with Crippen LogP contribution in [-0.4, -0.2) is 10.9 Å². The van der Waals surface area contributed by atoms with E-state index < -0.39 is 0 Å². The fourth-order valence-electron chi connectivity index (χ4n) is 2.13. The average molecular weight is 347 g/mol. The summed E-state index contributed by atoms with van der Waals surface area (Å²) >= 11 is 5.30. The molecule has 0 fully saturated rings. The number of nitrogens with one attached hydrogen (secondary N) is 1. The number of aryl methyl sites for hydroxylation is 1. The minimum atomic E-state index is 0.264. The van der Waals surface area contributed by atoms with Crippen molar-refractivity contribution < 1.29 is 0 Å². The lowest BCUT2D eigenvalue weighted by atomic mass is 10.1. The molecule has 0 aliphatic carbocycles. The summed E-state index contributed by atoms with van der Waals surface area (Å²) in [4.78, 5) is 4.76. The van der Waals surface area contributed by atoms with Crippen molar-refractivity contribution in [2.45, 2.75) is 13.0 Å². The highest BCUT2D eigenvalue weighted by Gasteiger charge is 2.19. The summed E-state index contributed by atoms with van der Waals surface area (Å²) in [5.74, 6) is 1.00. The summed E-state index contributed by atoms with van der Waals surface area (Å²) in [7, 11) is 0. The van der Waals surface area contributed by atoms with Gasteiger partial charge in [0.2, 0.25) is 0 Å². The van der Waals surface area contributed by atoms with E-state index in [-0.39, 0.29) is 6.04 Å². The monoisotopic (exact) mass is 346 g/mol. The highest BCUT2D eigenvalue weighted by Crippen LogP contribution is 2.31. The molecule has 1 aliphatic heterocycles. The van der Waals surface area contributed by atoms with E-state index in [1.807, 2.05) is 6.07 Å². The van der Waals surface area contributed by atoms with Crippen LogP contribution in [0.5, 0.6) is 0 Å². The van der Waals surface area contributed by atoms with Crippen molar-refractivity contribution in [1.29, 1.82) is 0 Å². The molecule has 0 saturated heterocycles. The first kappa shape index (κ1) is 13.7. The first-order valence-corrected chi connectivity index (χ1v) is 8.29. The van der Waals surface area contributed by atoms with Crippen molar-refractivity contribution in [2.75, 3.05) is 11.1 Å². The van der Waals surface area contributed by atoms with Gasteiger partial charge in [-0.1, -0.05) is 58.0 Å². The van der Waals surface area contributed by atoms with Gasteiger partial charge in [-0.05, 0) is 36.2 Å². The maximum Gasteiger partial charge on any atom is 0.161 e. The van der Waals surface area contributed by atoms with Gasteiger partial charge in [0.1, 0.15) is 0 Å². The minimum absolute atomic E-state index is 0.264. The number of aliphatic imine (C=N–C) groups is 1. The van der Waals surface area contributed by atoms with Gasteiger partial charge in [-0.15, -0.1) is 0 Å². The van der Waals surface area contributed by atoms with Crippen LogP contribution in [0, 0.1) is 6.92 Å². The molecule has 0 bridgehead atoms. The van der Waals surface area contributed by atoms with Gasteiger partial charge < -0.3 is 5.32 Å². The van der Waals surface area contributed by atoms with Crippen LogP contribution in [0.1, 0.15) is 17.2 Å². The molecule has 0 saturated carbocycles. The predicted molar refractivity (Wildman–Crippen MR) is 91.6 cm³/mol. The molecule has 102 valence electrons. The van der Waals surface area contributed by atoms with E-state index in [4.69, 9.17) is 4.99 Å². The van der Waals surface area contributed by atoms with Gasteiger partial charge in [-0.3, -0.25) is 4.99 Å². The summed E-state index contributed by atoms with van der Waals surface area (Å²) in [6.45, 7) is 2.09. The molecule has 1 atom stereocenters. The predicted octanol–water partition coefficient (Wildman–Crippen LogP) is 5.01. The molecule has 1 aliphatic rings. The van der Waals surface area contributed by atoms with Gasteiger partial charge in [0.25, 0.3) is 0 Å². The fraction of sp³-hybridized carbons (Fsp3) is 0.188. The van der Waals surface area contributed by atoms with Crippen molar-refractivity contribution in [3.8, 4) is 0 Å². The Hall–Kier alpha value is -1.26. The van der Waals surface area contributed by atoms with Crippen LogP contribution in [-0.2, 0) is 0 Å². The third-order valence-corrected chi connectivity index (χ3v) is 5.10. The first-order valence-electron chi connectivity index (χ1n) is 6.51. The second kappa shape index (κ2) is 6.02. The molecule has 3 rings (SSSR count). The number of amidine groups is 1. The van der Waals surface area contributed by atoms with Gasteiger partial charge in [-0.25, -0.2) is 0 Å². The van der Waals surface area contributed by atoms with E-state index in [9.17, 15) is 0 Å². The first-order chi connectivity index (χ1) is 9.72. The third-order valence-electron chi connectivity index (χ3n) is 3.24. The van der Waals surface area contributed by atoms with Crippen molar-refractivity contribution in [2.24, 2.45) is 4.99 Å². The lowest BCUT2D eigenvalue weighted by molar-refractivity contribution is 0.849. The van der Waals surface area contributed by atoms with Crippen LogP contribution in [0.2, 0.25) is 0 Å². The number of rotatable bonds is 2. The average Bonchev–Trinajstić information content (AvgIpc) is 2.92. The van der Waals surface area contributed by atoms with Crippen molar-refractivity contribution in [3.63, 3.8) is 0 Å². The molecule has 20 heavy (non-hydrogen) atoms. The molecular weight excluding hydrogens is 332 g/mol. The SMILES string of the molecule is Cc1cc(NC2=NC(c3ccccc3)CS2)ccc1Br. The standard InChI is InChI=1S/C16H15BrN2S/c1-11-9-13(7-8-14(11)17)18-16-19-15(10-20-16)12-5-3-2-4-6-12/h2-9,15H,10H2,1H3,(H,18,19). The maximum atomic E-state index is 4.76. The molecular formula is C16H15BrN2S. The number of nitrogens with zero attached hydrogens (tertiary/aromatic N) is 1. The number of halogens is 1. The minimum Gasteiger partial charge on any atom is -0.335 e. The lowest BCUT2D eigenvalue weighted by Gasteiger charge is -2.07. The fourth-order valence-corrected chi connectivity index (χ4v) is 3.36. The summed E-state index contributed by atoms with van der Waals surface area (Å²) in [5, 5.41) is 4.40. The molecule has 0 aromatic heterocycles. The number of hydrogen-bond donors (Lipinski definition) is 1.